The van der Waals surface area contributed by atoms with Gasteiger partial charge < -0.3 is 19.6 Å². The lowest BCUT2D eigenvalue weighted by molar-refractivity contribution is 0.0535. The second-order valence-corrected chi connectivity index (χ2v) is 6.03. The normalized spacial score (nSPS) is 26.8. The summed E-state index contributed by atoms with van der Waals surface area (Å²) in [5, 5.41) is 9.05. The standard InChI is InChI=1S/C15H16N2O4/c18-14-13-2-1-12(3-9(13)8-21-14)16-4-10-6-17(15(19)20)7-11(10)5-16/h1-3,10-11H,4-8H2,(H,19,20)/t10-,11+. The summed E-state index contributed by atoms with van der Waals surface area (Å²) in [4.78, 5) is 26.3. The number of hydrogen-bond donors (Lipinski definition) is 1. The molecule has 0 aliphatic carbocycles. The molecule has 0 unspecified atom stereocenters. The summed E-state index contributed by atoms with van der Waals surface area (Å²) in [6.45, 7) is 3.37. The number of carbonyl (C=O) groups is 2. The number of nitrogens with zero attached hydrogens (tertiary/aromatic N) is 2. The Hall–Kier alpha value is -2.24. The number of carboxylic acid groups (broad SMARTS) is 1. The van der Waals surface area contributed by atoms with Crippen LogP contribution in [0.25, 0.3) is 0 Å². The molecule has 110 valence electrons. The third-order valence-electron chi connectivity index (χ3n) is 4.79. The van der Waals surface area contributed by atoms with Gasteiger partial charge in [-0.2, -0.15) is 0 Å². The number of esters is 1. The van der Waals surface area contributed by atoms with Gasteiger partial charge in [-0.3, -0.25) is 0 Å². The Labute approximate surface area is 121 Å². The number of carbonyl (C=O) groups excluding carboxylic acids is 1. The first kappa shape index (κ1) is 12.5. The van der Waals surface area contributed by atoms with E-state index in [2.05, 4.69) is 4.90 Å². The summed E-state index contributed by atoms with van der Waals surface area (Å²) in [5.41, 5.74) is 2.71. The van der Waals surface area contributed by atoms with Gasteiger partial charge >= 0.3 is 12.1 Å². The molecular formula is C15H16N2O4. The topological polar surface area (TPSA) is 70.1 Å². The molecule has 0 saturated carbocycles. The Morgan fingerprint density at radius 3 is 2.57 bits per heavy atom. The molecule has 3 aliphatic heterocycles. The minimum Gasteiger partial charge on any atom is -0.465 e. The van der Waals surface area contributed by atoms with Crippen molar-refractivity contribution in [3.05, 3.63) is 29.3 Å². The lowest BCUT2D eigenvalue weighted by Crippen LogP contribution is -2.32. The van der Waals surface area contributed by atoms with Crippen LogP contribution in [0.2, 0.25) is 0 Å². The minimum absolute atomic E-state index is 0.244. The van der Waals surface area contributed by atoms with Gasteiger partial charge in [-0.15, -0.1) is 0 Å². The van der Waals surface area contributed by atoms with Crippen molar-refractivity contribution >= 4 is 17.7 Å². The summed E-state index contributed by atoms with van der Waals surface area (Å²) in [7, 11) is 0. The summed E-state index contributed by atoms with van der Waals surface area (Å²) in [6, 6.07) is 5.81. The smallest absolute Gasteiger partial charge is 0.407 e. The highest BCUT2D eigenvalue weighted by molar-refractivity contribution is 5.93. The van der Waals surface area contributed by atoms with Gasteiger partial charge in [0.05, 0.1) is 5.56 Å². The SMILES string of the molecule is O=C1OCc2cc(N3C[C@H]4CN(C(=O)O)C[C@H]4C3)ccc21. The van der Waals surface area contributed by atoms with Crippen molar-refractivity contribution in [1.82, 2.24) is 4.90 Å². The number of likely N-dealkylation sites (tertiary alicyclic amines) is 1. The second-order valence-electron chi connectivity index (χ2n) is 6.03. The molecule has 0 bridgehead atoms. The van der Waals surface area contributed by atoms with E-state index in [9.17, 15) is 9.59 Å². The van der Waals surface area contributed by atoms with Crippen LogP contribution in [0.15, 0.2) is 18.2 Å². The Balaban J connectivity index is 1.51. The van der Waals surface area contributed by atoms with Crippen molar-refractivity contribution in [2.75, 3.05) is 31.1 Å². The van der Waals surface area contributed by atoms with E-state index in [1.54, 1.807) is 0 Å². The van der Waals surface area contributed by atoms with Crippen LogP contribution in [0.5, 0.6) is 0 Å². The molecule has 3 heterocycles. The maximum Gasteiger partial charge on any atom is 0.407 e. The number of cyclic esters (lactones) is 1. The van der Waals surface area contributed by atoms with Crippen LogP contribution >= 0.6 is 0 Å². The average Bonchev–Trinajstić information content (AvgIpc) is 3.11. The predicted molar refractivity (Wildman–Crippen MR) is 74.4 cm³/mol. The van der Waals surface area contributed by atoms with E-state index in [1.165, 1.54) is 4.90 Å². The Morgan fingerprint density at radius 2 is 1.90 bits per heavy atom. The van der Waals surface area contributed by atoms with E-state index in [1.807, 2.05) is 18.2 Å². The fraction of sp³-hybridized carbons (Fsp3) is 0.467. The van der Waals surface area contributed by atoms with Crippen LogP contribution < -0.4 is 4.90 Å². The van der Waals surface area contributed by atoms with E-state index in [4.69, 9.17) is 9.84 Å². The summed E-state index contributed by atoms with van der Waals surface area (Å²) in [6.07, 6.45) is -0.816. The molecule has 1 N–H and O–H groups in total. The average molecular weight is 288 g/mol. The number of anilines is 1. The van der Waals surface area contributed by atoms with Crippen molar-refractivity contribution in [3.8, 4) is 0 Å². The quantitative estimate of drug-likeness (QED) is 0.791. The van der Waals surface area contributed by atoms with Crippen molar-refractivity contribution < 1.29 is 19.4 Å². The van der Waals surface area contributed by atoms with Crippen LogP contribution in [0.1, 0.15) is 15.9 Å². The summed E-state index contributed by atoms with van der Waals surface area (Å²) in [5.74, 6) is 0.575. The van der Waals surface area contributed by atoms with Crippen molar-refractivity contribution in [2.24, 2.45) is 11.8 Å². The van der Waals surface area contributed by atoms with Gasteiger partial charge in [-0.05, 0) is 18.2 Å². The van der Waals surface area contributed by atoms with Gasteiger partial charge in [-0.25, -0.2) is 9.59 Å². The lowest BCUT2D eigenvalue weighted by atomic mass is 10.0. The van der Waals surface area contributed by atoms with Gasteiger partial charge in [0.2, 0.25) is 0 Å². The van der Waals surface area contributed by atoms with Crippen LogP contribution in [-0.4, -0.2) is 48.2 Å². The number of fused-ring (bicyclic) bond motifs is 2. The highest BCUT2D eigenvalue weighted by atomic mass is 16.5. The second kappa shape index (κ2) is 4.38. The van der Waals surface area contributed by atoms with E-state index >= 15 is 0 Å². The molecule has 4 rings (SSSR count). The Kier molecular flexibility index (Phi) is 2.60. The highest BCUT2D eigenvalue weighted by Crippen LogP contribution is 2.35. The first-order valence-corrected chi connectivity index (χ1v) is 7.14. The Bertz CT molecular complexity index is 616. The van der Waals surface area contributed by atoms with Crippen LogP contribution in [0.4, 0.5) is 10.5 Å². The number of hydrogen-bond acceptors (Lipinski definition) is 4. The zero-order chi connectivity index (χ0) is 14.6. The fourth-order valence-electron chi connectivity index (χ4n) is 3.68. The molecule has 1 aromatic rings. The molecule has 0 aromatic heterocycles. The van der Waals surface area contributed by atoms with E-state index < -0.39 is 6.09 Å². The first-order valence-electron chi connectivity index (χ1n) is 7.14. The molecule has 0 spiro atoms. The number of amides is 1. The zero-order valence-corrected chi connectivity index (χ0v) is 11.5. The lowest BCUT2D eigenvalue weighted by Gasteiger charge is -2.22. The van der Waals surface area contributed by atoms with E-state index in [0.717, 1.165) is 24.3 Å². The summed E-state index contributed by atoms with van der Waals surface area (Å²) >= 11 is 0. The van der Waals surface area contributed by atoms with Crippen LogP contribution in [-0.2, 0) is 11.3 Å². The van der Waals surface area contributed by atoms with Crippen molar-refractivity contribution in [1.29, 1.82) is 0 Å². The van der Waals surface area contributed by atoms with Gasteiger partial charge in [0.25, 0.3) is 0 Å². The molecule has 1 amide bonds. The molecule has 2 atom stereocenters. The van der Waals surface area contributed by atoms with Gasteiger partial charge in [0.15, 0.2) is 0 Å². The van der Waals surface area contributed by atoms with Crippen molar-refractivity contribution in [2.45, 2.75) is 6.61 Å². The molecule has 21 heavy (non-hydrogen) atoms. The first-order chi connectivity index (χ1) is 10.1. The molecule has 6 nitrogen and oxygen atoms in total. The maximum absolute atomic E-state index is 11.5. The minimum atomic E-state index is -0.816. The fourth-order valence-corrected chi connectivity index (χ4v) is 3.68. The number of rotatable bonds is 1. The molecule has 6 heteroatoms. The van der Waals surface area contributed by atoms with Crippen LogP contribution in [0.3, 0.4) is 0 Å². The highest BCUT2D eigenvalue weighted by Gasteiger charge is 2.41. The molecule has 2 fully saturated rings. The van der Waals surface area contributed by atoms with Crippen molar-refractivity contribution in [3.63, 3.8) is 0 Å². The molecule has 0 radical (unpaired) electrons. The molecular weight excluding hydrogens is 272 g/mol. The summed E-state index contributed by atoms with van der Waals surface area (Å²) < 4.78 is 5.03. The molecule has 1 aromatic carbocycles. The maximum atomic E-state index is 11.5. The molecule has 3 aliphatic rings. The number of benzene rings is 1. The van der Waals surface area contributed by atoms with E-state index in [0.29, 0.717) is 37.1 Å². The van der Waals surface area contributed by atoms with E-state index in [-0.39, 0.29) is 5.97 Å². The van der Waals surface area contributed by atoms with Gasteiger partial charge in [-0.1, -0.05) is 0 Å². The van der Waals surface area contributed by atoms with Gasteiger partial charge in [0.1, 0.15) is 6.61 Å². The third kappa shape index (κ3) is 1.93. The molecule has 2 saturated heterocycles. The van der Waals surface area contributed by atoms with Gasteiger partial charge in [0, 0.05) is 49.3 Å². The largest absolute Gasteiger partial charge is 0.465 e. The predicted octanol–water partition coefficient (Wildman–Crippen LogP) is 1.40. The number of ether oxygens (including phenoxy) is 1. The van der Waals surface area contributed by atoms with Crippen LogP contribution in [0, 0.1) is 11.8 Å². The third-order valence-corrected chi connectivity index (χ3v) is 4.79. The zero-order valence-electron chi connectivity index (χ0n) is 11.5. The Morgan fingerprint density at radius 1 is 1.19 bits per heavy atom. The monoisotopic (exact) mass is 288 g/mol.